The summed E-state index contributed by atoms with van der Waals surface area (Å²) in [5.41, 5.74) is -0.0312. The molecule has 0 aliphatic heterocycles. The van der Waals surface area contributed by atoms with E-state index < -0.39 is 6.29 Å². The fourth-order valence-electron chi connectivity index (χ4n) is 1.92. The van der Waals surface area contributed by atoms with Crippen LogP contribution >= 0.6 is 0 Å². The van der Waals surface area contributed by atoms with Crippen LogP contribution in [-0.4, -0.2) is 25.3 Å². The van der Waals surface area contributed by atoms with E-state index in [2.05, 4.69) is 19.9 Å². The fourth-order valence-corrected chi connectivity index (χ4v) is 1.92. The van der Waals surface area contributed by atoms with Gasteiger partial charge in [0, 0.05) is 19.6 Å². The predicted octanol–water partition coefficient (Wildman–Crippen LogP) is 2.56. The minimum Gasteiger partial charge on any atom is -0.352 e. The molecule has 0 spiro atoms. The second-order valence-electron chi connectivity index (χ2n) is 4.80. The minimum absolute atomic E-state index is 0.0312. The van der Waals surface area contributed by atoms with Crippen molar-refractivity contribution in [3.63, 3.8) is 0 Å². The largest absolute Gasteiger partial charge is 0.352 e. The lowest BCUT2D eigenvalue weighted by Gasteiger charge is -2.31. The Morgan fingerprint density at radius 3 is 2.38 bits per heavy atom. The maximum atomic E-state index is 12.0. The standard InChI is InChI=1S/C13H22O3/c1-5-15-12(16-6-2)10-7-8-13(3,4)9-11(10)14/h7-8,10,12H,5-6,9H2,1-4H3. The van der Waals surface area contributed by atoms with Crippen molar-refractivity contribution in [1.82, 2.24) is 0 Å². The molecule has 1 atom stereocenters. The molecular formula is C13H22O3. The Morgan fingerprint density at radius 2 is 1.94 bits per heavy atom. The molecule has 1 aliphatic rings. The number of ether oxygens (including phenoxy) is 2. The summed E-state index contributed by atoms with van der Waals surface area (Å²) >= 11 is 0. The van der Waals surface area contributed by atoms with Gasteiger partial charge in [-0.25, -0.2) is 0 Å². The summed E-state index contributed by atoms with van der Waals surface area (Å²) in [4.78, 5) is 12.0. The van der Waals surface area contributed by atoms with Gasteiger partial charge in [0.15, 0.2) is 6.29 Å². The topological polar surface area (TPSA) is 35.5 Å². The van der Waals surface area contributed by atoms with E-state index in [1.54, 1.807) is 0 Å². The van der Waals surface area contributed by atoms with Crippen molar-refractivity contribution < 1.29 is 14.3 Å². The van der Waals surface area contributed by atoms with Crippen LogP contribution in [0.3, 0.4) is 0 Å². The summed E-state index contributed by atoms with van der Waals surface area (Å²) in [6.07, 6.45) is 4.16. The highest BCUT2D eigenvalue weighted by molar-refractivity contribution is 5.85. The van der Waals surface area contributed by atoms with Crippen LogP contribution in [0.1, 0.15) is 34.1 Å². The van der Waals surface area contributed by atoms with Gasteiger partial charge < -0.3 is 9.47 Å². The molecule has 1 rings (SSSR count). The molecule has 92 valence electrons. The molecule has 0 fully saturated rings. The Labute approximate surface area is 97.8 Å². The van der Waals surface area contributed by atoms with Gasteiger partial charge in [-0.2, -0.15) is 0 Å². The van der Waals surface area contributed by atoms with Crippen LogP contribution in [0.2, 0.25) is 0 Å². The summed E-state index contributed by atoms with van der Waals surface area (Å²) in [7, 11) is 0. The van der Waals surface area contributed by atoms with Crippen molar-refractivity contribution in [2.45, 2.75) is 40.4 Å². The van der Waals surface area contributed by atoms with Crippen molar-refractivity contribution in [3.05, 3.63) is 12.2 Å². The van der Waals surface area contributed by atoms with Gasteiger partial charge in [0.25, 0.3) is 0 Å². The lowest BCUT2D eigenvalue weighted by atomic mass is 9.78. The number of rotatable bonds is 5. The van der Waals surface area contributed by atoms with E-state index in [4.69, 9.17) is 9.47 Å². The highest BCUT2D eigenvalue weighted by Gasteiger charge is 2.34. The maximum absolute atomic E-state index is 12.0. The second-order valence-corrected chi connectivity index (χ2v) is 4.80. The lowest BCUT2D eigenvalue weighted by Crippen LogP contribution is -2.36. The third-order valence-corrected chi connectivity index (χ3v) is 2.71. The second kappa shape index (κ2) is 5.60. The first kappa shape index (κ1) is 13.4. The number of allylic oxidation sites excluding steroid dienone is 1. The van der Waals surface area contributed by atoms with E-state index in [-0.39, 0.29) is 17.1 Å². The average molecular weight is 226 g/mol. The molecule has 0 saturated carbocycles. The quantitative estimate of drug-likeness (QED) is 0.534. The first-order valence-corrected chi connectivity index (χ1v) is 5.95. The predicted molar refractivity (Wildman–Crippen MR) is 63.1 cm³/mol. The Hall–Kier alpha value is -0.670. The molecule has 1 unspecified atom stereocenters. The van der Waals surface area contributed by atoms with E-state index in [0.717, 1.165) is 0 Å². The van der Waals surface area contributed by atoms with Gasteiger partial charge in [-0.3, -0.25) is 4.79 Å². The summed E-state index contributed by atoms with van der Waals surface area (Å²) in [5, 5.41) is 0. The van der Waals surface area contributed by atoms with Gasteiger partial charge >= 0.3 is 0 Å². The number of ketones is 1. The Morgan fingerprint density at radius 1 is 1.38 bits per heavy atom. The third-order valence-electron chi connectivity index (χ3n) is 2.71. The molecule has 1 aliphatic carbocycles. The SMILES string of the molecule is CCOC(OCC)C1C=CC(C)(C)CC1=O. The Kier molecular flexibility index (Phi) is 4.69. The number of hydrogen-bond acceptors (Lipinski definition) is 3. The van der Waals surface area contributed by atoms with Crippen LogP contribution in [0.25, 0.3) is 0 Å². The summed E-state index contributed by atoms with van der Waals surface area (Å²) in [6.45, 7) is 9.07. The molecule has 3 heteroatoms. The Bertz CT molecular complexity index is 262. The van der Waals surface area contributed by atoms with Crippen molar-refractivity contribution in [3.8, 4) is 0 Å². The van der Waals surface area contributed by atoms with E-state index in [1.807, 2.05) is 19.9 Å². The molecule has 0 heterocycles. The molecule has 0 aromatic carbocycles. The Balaban J connectivity index is 2.74. The summed E-state index contributed by atoms with van der Waals surface area (Å²) < 4.78 is 10.9. The molecule has 0 N–H and O–H groups in total. The van der Waals surface area contributed by atoms with Crippen molar-refractivity contribution in [2.24, 2.45) is 11.3 Å². The first-order chi connectivity index (χ1) is 7.50. The van der Waals surface area contributed by atoms with Crippen LogP contribution in [0.15, 0.2) is 12.2 Å². The van der Waals surface area contributed by atoms with Gasteiger partial charge in [0.05, 0.1) is 5.92 Å². The first-order valence-electron chi connectivity index (χ1n) is 5.95. The normalized spacial score (nSPS) is 24.1. The molecule has 0 amide bonds. The van der Waals surface area contributed by atoms with Gasteiger partial charge in [-0.1, -0.05) is 26.0 Å². The van der Waals surface area contributed by atoms with Gasteiger partial charge in [-0.05, 0) is 19.3 Å². The lowest BCUT2D eigenvalue weighted by molar-refractivity contribution is -0.168. The highest BCUT2D eigenvalue weighted by Crippen LogP contribution is 2.32. The minimum atomic E-state index is -0.421. The van der Waals surface area contributed by atoms with Crippen LogP contribution < -0.4 is 0 Å². The van der Waals surface area contributed by atoms with E-state index in [1.165, 1.54) is 0 Å². The molecule has 0 saturated heterocycles. The summed E-state index contributed by atoms with van der Waals surface area (Å²) in [5.74, 6) is -0.0349. The average Bonchev–Trinajstić information content (AvgIpc) is 2.16. The highest BCUT2D eigenvalue weighted by atomic mass is 16.7. The third kappa shape index (κ3) is 3.42. The van der Waals surface area contributed by atoms with Crippen LogP contribution in [0.4, 0.5) is 0 Å². The van der Waals surface area contributed by atoms with E-state index >= 15 is 0 Å². The van der Waals surface area contributed by atoms with Gasteiger partial charge in [0.2, 0.25) is 0 Å². The van der Waals surface area contributed by atoms with E-state index in [9.17, 15) is 4.79 Å². The molecule has 0 bridgehead atoms. The molecule has 0 aromatic rings. The van der Waals surface area contributed by atoms with Crippen molar-refractivity contribution in [1.29, 1.82) is 0 Å². The molecule has 3 nitrogen and oxygen atoms in total. The zero-order chi connectivity index (χ0) is 12.2. The molecular weight excluding hydrogens is 204 g/mol. The van der Waals surface area contributed by atoms with Crippen molar-refractivity contribution >= 4 is 5.78 Å². The smallest absolute Gasteiger partial charge is 0.170 e. The number of Topliss-reactive ketones (excluding diaryl/α,β-unsaturated/α-hetero) is 1. The maximum Gasteiger partial charge on any atom is 0.170 e. The van der Waals surface area contributed by atoms with Crippen LogP contribution in [-0.2, 0) is 14.3 Å². The zero-order valence-corrected chi connectivity index (χ0v) is 10.7. The molecule has 0 radical (unpaired) electrons. The monoisotopic (exact) mass is 226 g/mol. The number of hydrogen-bond donors (Lipinski definition) is 0. The fraction of sp³-hybridized carbons (Fsp3) is 0.769. The number of carbonyl (C=O) groups excluding carboxylic acids is 1. The van der Waals surface area contributed by atoms with Crippen LogP contribution in [0, 0.1) is 11.3 Å². The molecule has 0 aromatic heterocycles. The van der Waals surface area contributed by atoms with Gasteiger partial charge in [-0.15, -0.1) is 0 Å². The van der Waals surface area contributed by atoms with E-state index in [0.29, 0.717) is 19.6 Å². The number of carbonyl (C=O) groups is 1. The van der Waals surface area contributed by atoms with Gasteiger partial charge in [0.1, 0.15) is 5.78 Å². The summed E-state index contributed by atoms with van der Waals surface area (Å²) in [6, 6.07) is 0. The molecule has 16 heavy (non-hydrogen) atoms. The van der Waals surface area contributed by atoms with Crippen LogP contribution in [0.5, 0.6) is 0 Å². The van der Waals surface area contributed by atoms with Crippen molar-refractivity contribution in [2.75, 3.05) is 13.2 Å². The zero-order valence-electron chi connectivity index (χ0n) is 10.7.